The lowest BCUT2D eigenvalue weighted by Crippen LogP contribution is -2.43. The molecule has 1 rings (SSSR count). The third kappa shape index (κ3) is 1.74. The van der Waals surface area contributed by atoms with Crippen molar-refractivity contribution in [1.29, 1.82) is 0 Å². The van der Waals surface area contributed by atoms with Gasteiger partial charge in [0.05, 0.1) is 12.5 Å². The van der Waals surface area contributed by atoms with Gasteiger partial charge in [-0.25, -0.2) is 0 Å². The van der Waals surface area contributed by atoms with Crippen LogP contribution in [0.4, 0.5) is 0 Å². The molecule has 0 N–H and O–H groups in total. The van der Waals surface area contributed by atoms with Crippen LogP contribution >= 0.6 is 0 Å². The monoisotopic (exact) mass is 183 g/mol. The lowest BCUT2D eigenvalue weighted by atomic mass is 10.0. The molecule has 1 heterocycles. The van der Waals surface area contributed by atoms with Gasteiger partial charge in [-0.2, -0.15) is 0 Å². The topological polar surface area (TPSA) is 37.4 Å². The minimum absolute atomic E-state index is 0.000000000000000222. The first-order valence-electron chi connectivity index (χ1n) is 4.72. The van der Waals surface area contributed by atoms with Gasteiger partial charge < -0.3 is 4.90 Å². The van der Waals surface area contributed by atoms with Crippen LogP contribution in [-0.4, -0.2) is 28.7 Å². The van der Waals surface area contributed by atoms with E-state index in [-0.39, 0.29) is 23.1 Å². The fourth-order valence-corrected chi connectivity index (χ4v) is 1.64. The van der Waals surface area contributed by atoms with Gasteiger partial charge in [0.1, 0.15) is 0 Å². The number of nitrogens with zero attached hydrogens (tertiary/aromatic N) is 1. The second-order valence-corrected chi connectivity index (χ2v) is 4.52. The molecule has 0 saturated carbocycles. The zero-order valence-corrected chi connectivity index (χ0v) is 8.76. The predicted molar refractivity (Wildman–Crippen MR) is 50.3 cm³/mol. The maximum atomic E-state index is 11.7. The molecule has 13 heavy (non-hydrogen) atoms. The van der Waals surface area contributed by atoms with E-state index in [0.29, 0.717) is 13.0 Å². The molecule has 1 aliphatic rings. The first-order valence-corrected chi connectivity index (χ1v) is 4.72. The Bertz CT molecular complexity index is 240. The highest BCUT2D eigenvalue weighted by Gasteiger charge is 2.42. The maximum absolute atomic E-state index is 11.7. The average Bonchev–Trinajstić information content (AvgIpc) is 2.25. The van der Waals surface area contributed by atoms with Gasteiger partial charge in [-0.3, -0.25) is 9.59 Å². The quantitative estimate of drug-likeness (QED) is 0.573. The second kappa shape index (κ2) is 3.13. The number of rotatable bonds is 1. The summed E-state index contributed by atoms with van der Waals surface area (Å²) in [5, 5.41) is 0. The number of ketones is 1. The normalized spacial score (nSPS) is 24.3. The number of Topliss-reactive ketones (excluding diaryl/α,β-unsaturated/α-hetero) is 1. The Morgan fingerprint density at radius 3 is 2.15 bits per heavy atom. The van der Waals surface area contributed by atoms with E-state index in [2.05, 4.69) is 0 Å². The minimum Gasteiger partial charge on any atom is -0.330 e. The molecule has 74 valence electrons. The molecule has 0 aliphatic carbocycles. The molecule has 0 bridgehead atoms. The minimum atomic E-state index is -0.376. The number of carbonyl (C=O) groups excluding carboxylic acids is 2. The molecule has 3 heteroatoms. The van der Waals surface area contributed by atoms with E-state index in [4.69, 9.17) is 0 Å². The van der Waals surface area contributed by atoms with Gasteiger partial charge >= 0.3 is 0 Å². The molecule has 0 spiro atoms. The molecular formula is C10H17NO2. The summed E-state index contributed by atoms with van der Waals surface area (Å²) in [6.45, 7) is 8.04. The number of hydrogen-bond donors (Lipinski definition) is 0. The van der Waals surface area contributed by atoms with Gasteiger partial charge in [0.15, 0.2) is 5.78 Å². The highest BCUT2D eigenvalue weighted by atomic mass is 16.2. The Hall–Kier alpha value is -0.860. The summed E-state index contributed by atoms with van der Waals surface area (Å²) in [5.41, 5.74) is -0.226. The zero-order chi connectivity index (χ0) is 10.2. The number of likely N-dealkylation sites (tertiary alicyclic amines) is 1. The smallest absolute Gasteiger partial charge is 0.234 e. The zero-order valence-electron chi connectivity index (χ0n) is 8.76. The largest absolute Gasteiger partial charge is 0.330 e. The molecular weight excluding hydrogens is 166 g/mol. The number of carbonyl (C=O) groups is 2. The fourth-order valence-electron chi connectivity index (χ4n) is 1.64. The van der Waals surface area contributed by atoms with Crippen molar-refractivity contribution in [3.05, 3.63) is 0 Å². The van der Waals surface area contributed by atoms with Crippen LogP contribution in [0.2, 0.25) is 0 Å². The molecule has 0 aromatic rings. The highest BCUT2D eigenvalue weighted by Crippen LogP contribution is 2.25. The van der Waals surface area contributed by atoms with Crippen LogP contribution in [0.1, 0.15) is 34.1 Å². The summed E-state index contributed by atoms with van der Waals surface area (Å²) in [4.78, 5) is 24.8. The summed E-state index contributed by atoms with van der Waals surface area (Å²) in [6.07, 6.45) is 0.629. The van der Waals surface area contributed by atoms with E-state index < -0.39 is 0 Å². The number of hydrogen-bond acceptors (Lipinski definition) is 2. The lowest BCUT2D eigenvalue weighted by molar-refractivity contribution is -0.135. The standard InChI is InChI=1S/C10H17NO2/c1-5-7-8(12)6-11(9(7)13)10(2,3)4/h7H,5-6H2,1-4H3. The summed E-state index contributed by atoms with van der Waals surface area (Å²) >= 11 is 0. The molecule has 3 nitrogen and oxygen atoms in total. The fraction of sp³-hybridized carbons (Fsp3) is 0.800. The molecule has 0 aromatic carbocycles. The van der Waals surface area contributed by atoms with E-state index in [9.17, 15) is 9.59 Å². The van der Waals surface area contributed by atoms with Crippen molar-refractivity contribution in [1.82, 2.24) is 4.90 Å². The highest BCUT2D eigenvalue weighted by molar-refractivity contribution is 6.08. The Labute approximate surface area is 79.1 Å². The van der Waals surface area contributed by atoms with Gasteiger partial charge in [0, 0.05) is 5.54 Å². The molecule has 1 aliphatic heterocycles. The summed E-state index contributed by atoms with van der Waals surface area (Å²) < 4.78 is 0. The third-order valence-electron chi connectivity index (χ3n) is 2.48. The van der Waals surface area contributed by atoms with Gasteiger partial charge in [0.2, 0.25) is 5.91 Å². The molecule has 1 saturated heterocycles. The first-order chi connectivity index (χ1) is 5.88. The lowest BCUT2D eigenvalue weighted by Gasteiger charge is -2.31. The molecule has 0 aromatic heterocycles. The summed E-state index contributed by atoms with van der Waals surface area (Å²) in [6, 6.07) is 0. The molecule has 1 unspecified atom stereocenters. The van der Waals surface area contributed by atoms with E-state index in [1.165, 1.54) is 0 Å². The molecule has 0 radical (unpaired) electrons. The average molecular weight is 183 g/mol. The van der Waals surface area contributed by atoms with Crippen molar-refractivity contribution in [2.45, 2.75) is 39.7 Å². The third-order valence-corrected chi connectivity index (χ3v) is 2.48. The van der Waals surface area contributed by atoms with E-state index in [1.54, 1.807) is 4.90 Å². The SMILES string of the molecule is CCC1C(=O)CN(C(C)(C)C)C1=O. The Morgan fingerprint density at radius 1 is 1.38 bits per heavy atom. The van der Waals surface area contributed by atoms with Gasteiger partial charge in [-0.05, 0) is 27.2 Å². The van der Waals surface area contributed by atoms with Crippen LogP contribution in [0.15, 0.2) is 0 Å². The predicted octanol–water partition coefficient (Wildman–Crippen LogP) is 1.22. The van der Waals surface area contributed by atoms with Crippen LogP contribution in [0, 0.1) is 5.92 Å². The molecule has 1 atom stereocenters. The van der Waals surface area contributed by atoms with Crippen LogP contribution in [0.5, 0.6) is 0 Å². The van der Waals surface area contributed by atoms with E-state index in [1.807, 2.05) is 27.7 Å². The van der Waals surface area contributed by atoms with Gasteiger partial charge in [-0.15, -0.1) is 0 Å². The first kappa shape index (κ1) is 10.2. The summed E-state index contributed by atoms with van der Waals surface area (Å²) in [7, 11) is 0. The Morgan fingerprint density at radius 2 is 1.92 bits per heavy atom. The van der Waals surface area contributed by atoms with Crippen molar-refractivity contribution in [2.75, 3.05) is 6.54 Å². The van der Waals surface area contributed by atoms with Crippen LogP contribution in [0.25, 0.3) is 0 Å². The van der Waals surface area contributed by atoms with Crippen molar-refractivity contribution in [2.24, 2.45) is 5.92 Å². The van der Waals surface area contributed by atoms with Gasteiger partial charge in [0.25, 0.3) is 0 Å². The van der Waals surface area contributed by atoms with Crippen molar-refractivity contribution >= 4 is 11.7 Å². The van der Waals surface area contributed by atoms with E-state index >= 15 is 0 Å². The molecule has 1 amide bonds. The van der Waals surface area contributed by atoms with Crippen molar-refractivity contribution in [3.63, 3.8) is 0 Å². The van der Waals surface area contributed by atoms with Crippen molar-refractivity contribution < 1.29 is 9.59 Å². The Balaban J connectivity index is 2.85. The Kier molecular flexibility index (Phi) is 2.46. The summed E-state index contributed by atoms with van der Waals surface area (Å²) in [5.74, 6) is -0.304. The van der Waals surface area contributed by atoms with E-state index in [0.717, 1.165) is 0 Å². The van der Waals surface area contributed by atoms with Crippen LogP contribution in [0.3, 0.4) is 0 Å². The number of amides is 1. The maximum Gasteiger partial charge on any atom is 0.234 e. The van der Waals surface area contributed by atoms with Crippen LogP contribution in [-0.2, 0) is 9.59 Å². The second-order valence-electron chi connectivity index (χ2n) is 4.52. The van der Waals surface area contributed by atoms with Crippen LogP contribution < -0.4 is 0 Å². The molecule has 1 fully saturated rings. The van der Waals surface area contributed by atoms with Gasteiger partial charge in [-0.1, -0.05) is 6.92 Å². The van der Waals surface area contributed by atoms with Crippen molar-refractivity contribution in [3.8, 4) is 0 Å².